The summed E-state index contributed by atoms with van der Waals surface area (Å²) in [6.07, 6.45) is 8.89. The first-order valence-corrected chi connectivity index (χ1v) is 14.0. The molecule has 0 saturated heterocycles. The minimum Gasteiger partial charge on any atom is -0.455 e. The molecule has 37 heavy (non-hydrogen) atoms. The van der Waals surface area contributed by atoms with E-state index >= 15 is 0 Å². The van der Waals surface area contributed by atoms with Crippen LogP contribution >= 0.6 is 0 Å². The first-order valence-electron chi connectivity index (χ1n) is 14.0. The van der Waals surface area contributed by atoms with Gasteiger partial charge >= 0.3 is 0 Å². The van der Waals surface area contributed by atoms with Gasteiger partial charge < -0.3 is 4.74 Å². The highest BCUT2D eigenvalue weighted by atomic mass is 16.5. The van der Waals surface area contributed by atoms with Crippen molar-refractivity contribution < 1.29 is 9.30 Å². The van der Waals surface area contributed by atoms with Gasteiger partial charge in [-0.2, -0.15) is 0 Å². The number of pyridine rings is 1. The van der Waals surface area contributed by atoms with Crippen molar-refractivity contribution in [2.75, 3.05) is 0 Å². The molecule has 2 heteroatoms. The van der Waals surface area contributed by atoms with E-state index in [4.69, 9.17) is 4.74 Å². The van der Waals surface area contributed by atoms with Gasteiger partial charge in [0.15, 0.2) is 6.20 Å². The third kappa shape index (κ3) is 3.27. The van der Waals surface area contributed by atoms with E-state index in [1.54, 1.807) is 0 Å². The fourth-order valence-corrected chi connectivity index (χ4v) is 7.28. The second-order valence-electron chi connectivity index (χ2n) is 12.3. The van der Waals surface area contributed by atoms with E-state index < -0.39 is 0 Å². The van der Waals surface area contributed by atoms with E-state index in [-0.39, 0.29) is 5.41 Å². The number of fused-ring (bicyclic) bond motifs is 5. The normalized spacial score (nSPS) is 15.8. The van der Waals surface area contributed by atoms with Crippen molar-refractivity contribution in [2.45, 2.75) is 71.1 Å². The summed E-state index contributed by atoms with van der Waals surface area (Å²) in [6.45, 7) is 9.20. The van der Waals surface area contributed by atoms with Gasteiger partial charge in [-0.05, 0) is 69.8 Å². The number of benzene rings is 4. The predicted molar refractivity (Wildman–Crippen MR) is 155 cm³/mol. The summed E-state index contributed by atoms with van der Waals surface area (Å²) in [5.74, 6) is 2.69. The van der Waals surface area contributed by atoms with Crippen molar-refractivity contribution in [1.82, 2.24) is 0 Å². The van der Waals surface area contributed by atoms with E-state index in [0.29, 0.717) is 5.92 Å². The Labute approximate surface area is 219 Å². The summed E-state index contributed by atoms with van der Waals surface area (Å²) >= 11 is 0. The second-order valence-corrected chi connectivity index (χ2v) is 12.3. The summed E-state index contributed by atoms with van der Waals surface area (Å²) < 4.78 is 9.39. The van der Waals surface area contributed by atoms with Crippen LogP contribution in [0.25, 0.3) is 43.6 Å². The number of hydrogen-bond acceptors (Lipinski definition) is 1. The summed E-state index contributed by atoms with van der Waals surface area (Å²) in [7, 11) is 2.18. The summed E-state index contributed by atoms with van der Waals surface area (Å²) in [5.41, 5.74) is 6.55. The standard InChI is InChI=1S/C35H36NO/c1-21-23-14-9-10-15-27(23)32(35(2,3)4)34-30(21)33-31-26(18-19-36(33)5)25-17-11-16-24(22-12-7-6-8-13-22)28(25)20-29(31)37-34/h9-11,14-20,22H,6-8,12-13H2,1-5H3/q+1. The van der Waals surface area contributed by atoms with E-state index in [9.17, 15) is 0 Å². The molecule has 4 aromatic carbocycles. The lowest BCUT2D eigenvalue weighted by Crippen LogP contribution is -2.32. The summed E-state index contributed by atoms with van der Waals surface area (Å²) in [6, 6.07) is 20.5. The van der Waals surface area contributed by atoms with Gasteiger partial charge in [-0.1, -0.05) is 82.5 Å². The molecule has 2 nitrogen and oxygen atoms in total. The fraction of sp³-hybridized carbons (Fsp3) is 0.343. The molecule has 1 fully saturated rings. The molecule has 2 heterocycles. The molecule has 7 rings (SSSR count). The zero-order valence-corrected chi connectivity index (χ0v) is 22.7. The minimum absolute atomic E-state index is 0.0640. The highest BCUT2D eigenvalue weighted by Gasteiger charge is 2.36. The molecule has 1 aliphatic carbocycles. The molecule has 5 aromatic rings. The lowest BCUT2D eigenvalue weighted by molar-refractivity contribution is -0.659. The molecule has 0 bridgehead atoms. The Balaban J connectivity index is 1.62. The zero-order chi connectivity index (χ0) is 25.5. The maximum Gasteiger partial charge on any atom is 0.228 e. The molecule has 1 saturated carbocycles. The van der Waals surface area contributed by atoms with Crippen molar-refractivity contribution in [3.05, 3.63) is 77.5 Å². The van der Waals surface area contributed by atoms with Gasteiger partial charge in [0, 0.05) is 17.0 Å². The van der Waals surface area contributed by atoms with Crippen molar-refractivity contribution in [3.8, 4) is 22.8 Å². The number of nitrogens with zero attached hydrogens (tertiary/aromatic N) is 1. The molecule has 0 N–H and O–H groups in total. The number of ether oxygens (including phenoxy) is 1. The van der Waals surface area contributed by atoms with E-state index in [1.807, 2.05) is 0 Å². The Kier molecular flexibility index (Phi) is 4.96. The van der Waals surface area contributed by atoms with Crippen LogP contribution in [-0.2, 0) is 12.5 Å². The highest BCUT2D eigenvalue weighted by molar-refractivity contribution is 6.17. The van der Waals surface area contributed by atoms with E-state index in [1.165, 1.54) is 92.4 Å². The third-order valence-corrected chi connectivity index (χ3v) is 8.95. The SMILES string of the molecule is Cc1c2c(c(C(C)(C)C)c3ccccc13)Oc1cc3c(C4CCCCC4)cccc3c3cc[n+](C)c-2c13. The van der Waals surface area contributed by atoms with Crippen LogP contribution in [0.5, 0.6) is 11.5 Å². The first kappa shape index (κ1) is 22.8. The van der Waals surface area contributed by atoms with Crippen LogP contribution in [0.3, 0.4) is 0 Å². The van der Waals surface area contributed by atoms with E-state index in [2.05, 4.69) is 100 Å². The maximum atomic E-state index is 7.09. The van der Waals surface area contributed by atoms with Crippen molar-refractivity contribution >= 4 is 32.3 Å². The molecule has 0 spiro atoms. The minimum atomic E-state index is -0.0640. The van der Waals surface area contributed by atoms with Gasteiger partial charge in [0.05, 0.1) is 10.9 Å². The van der Waals surface area contributed by atoms with Gasteiger partial charge in [0.1, 0.15) is 18.5 Å². The molecule has 1 aromatic heterocycles. The Bertz CT molecular complexity index is 1730. The van der Waals surface area contributed by atoms with Crippen LogP contribution in [0.1, 0.15) is 75.5 Å². The van der Waals surface area contributed by atoms with Crippen molar-refractivity contribution in [1.29, 1.82) is 0 Å². The highest BCUT2D eigenvalue weighted by Crippen LogP contribution is 2.54. The van der Waals surface area contributed by atoms with Crippen molar-refractivity contribution in [3.63, 3.8) is 0 Å². The first-order chi connectivity index (χ1) is 17.8. The summed E-state index contributed by atoms with van der Waals surface area (Å²) in [4.78, 5) is 0. The quantitative estimate of drug-likeness (QED) is 0.167. The average molecular weight is 487 g/mol. The van der Waals surface area contributed by atoms with Crippen LogP contribution in [-0.4, -0.2) is 0 Å². The fourth-order valence-electron chi connectivity index (χ4n) is 7.28. The third-order valence-electron chi connectivity index (χ3n) is 8.95. The average Bonchev–Trinajstić information content (AvgIpc) is 2.89. The number of aromatic nitrogens is 1. The van der Waals surface area contributed by atoms with Crippen molar-refractivity contribution in [2.24, 2.45) is 7.05 Å². The Morgan fingerprint density at radius 1 is 0.811 bits per heavy atom. The largest absolute Gasteiger partial charge is 0.455 e. The van der Waals surface area contributed by atoms with Crippen LogP contribution < -0.4 is 9.30 Å². The molecule has 186 valence electrons. The van der Waals surface area contributed by atoms with Crippen LogP contribution in [0, 0.1) is 6.92 Å². The molecule has 0 amide bonds. The van der Waals surface area contributed by atoms with Gasteiger partial charge in [0.2, 0.25) is 5.69 Å². The number of hydrogen-bond donors (Lipinski definition) is 0. The Morgan fingerprint density at radius 2 is 1.54 bits per heavy atom. The smallest absolute Gasteiger partial charge is 0.228 e. The van der Waals surface area contributed by atoms with E-state index in [0.717, 1.165) is 11.5 Å². The molecule has 0 radical (unpaired) electrons. The van der Waals surface area contributed by atoms with Crippen LogP contribution in [0.4, 0.5) is 0 Å². The predicted octanol–water partition coefficient (Wildman–Crippen LogP) is 9.40. The maximum absolute atomic E-state index is 7.09. The Morgan fingerprint density at radius 3 is 2.30 bits per heavy atom. The lowest BCUT2D eigenvalue weighted by Gasteiger charge is -2.31. The lowest BCUT2D eigenvalue weighted by atomic mass is 9.78. The second kappa shape index (κ2) is 8.05. The number of rotatable bonds is 1. The molecule has 0 unspecified atom stereocenters. The van der Waals surface area contributed by atoms with Gasteiger partial charge in [-0.3, -0.25) is 0 Å². The van der Waals surface area contributed by atoms with Gasteiger partial charge in [0.25, 0.3) is 0 Å². The molecular weight excluding hydrogens is 450 g/mol. The number of aryl methyl sites for hydroxylation is 2. The monoisotopic (exact) mass is 486 g/mol. The van der Waals surface area contributed by atoms with Crippen LogP contribution in [0.2, 0.25) is 0 Å². The Hall–Kier alpha value is -3.39. The van der Waals surface area contributed by atoms with Gasteiger partial charge in [-0.25, -0.2) is 4.57 Å². The zero-order valence-electron chi connectivity index (χ0n) is 22.7. The molecule has 0 atom stereocenters. The van der Waals surface area contributed by atoms with Crippen LogP contribution in [0.15, 0.2) is 60.8 Å². The molecule has 2 aliphatic rings. The molecular formula is C35H36NO+. The summed E-state index contributed by atoms with van der Waals surface area (Å²) in [5, 5.41) is 7.88. The topological polar surface area (TPSA) is 13.1 Å². The molecule has 1 aliphatic heterocycles. The van der Waals surface area contributed by atoms with Gasteiger partial charge in [-0.15, -0.1) is 0 Å².